The minimum absolute atomic E-state index is 0.0793. The minimum atomic E-state index is 0.0793. The summed E-state index contributed by atoms with van der Waals surface area (Å²) in [6.07, 6.45) is 8.17. The van der Waals surface area contributed by atoms with Crippen LogP contribution >= 0.6 is 0 Å². The fourth-order valence-electron chi connectivity index (χ4n) is 5.07. The van der Waals surface area contributed by atoms with Gasteiger partial charge in [-0.2, -0.15) is 5.10 Å². The molecule has 1 amide bonds. The Morgan fingerprint density at radius 2 is 1.91 bits per heavy atom. The van der Waals surface area contributed by atoms with Gasteiger partial charge in [0.2, 0.25) is 0 Å². The second-order valence-corrected chi connectivity index (χ2v) is 8.92. The highest BCUT2D eigenvalue weighted by Gasteiger charge is 2.31. The number of carbonyl (C=O) groups excluding carboxylic acids is 1. The van der Waals surface area contributed by atoms with Crippen molar-refractivity contribution in [2.45, 2.75) is 38.3 Å². The molecule has 0 N–H and O–H groups in total. The average molecular weight is 450 g/mol. The number of fused-ring (bicyclic) bond motifs is 1. The predicted octanol–water partition coefficient (Wildman–Crippen LogP) is 3.20. The van der Waals surface area contributed by atoms with E-state index in [1.54, 1.807) is 26.6 Å². The molecule has 2 aromatic heterocycles. The number of benzene rings is 1. The normalized spacial score (nSPS) is 18.8. The highest BCUT2D eigenvalue weighted by atomic mass is 16.5. The molecule has 5 rings (SSSR count). The van der Waals surface area contributed by atoms with Crippen LogP contribution in [0.3, 0.4) is 0 Å². The Balaban J connectivity index is 1.34. The van der Waals surface area contributed by atoms with E-state index in [0.29, 0.717) is 18.2 Å². The van der Waals surface area contributed by atoms with Gasteiger partial charge in [-0.15, -0.1) is 0 Å². The van der Waals surface area contributed by atoms with E-state index in [2.05, 4.69) is 15.0 Å². The van der Waals surface area contributed by atoms with Gasteiger partial charge in [0.25, 0.3) is 5.91 Å². The summed E-state index contributed by atoms with van der Waals surface area (Å²) in [7, 11) is 3.28. The maximum absolute atomic E-state index is 13.3. The van der Waals surface area contributed by atoms with Crippen LogP contribution in [0.25, 0.3) is 11.0 Å². The maximum atomic E-state index is 13.3. The van der Waals surface area contributed by atoms with Crippen molar-refractivity contribution in [1.82, 2.24) is 24.6 Å². The molecule has 2 aliphatic rings. The second kappa shape index (κ2) is 9.39. The number of likely N-dealkylation sites (tertiary alicyclic amines) is 2. The predicted molar refractivity (Wildman–Crippen MR) is 126 cm³/mol. The average Bonchev–Trinajstić information content (AvgIpc) is 3.61. The van der Waals surface area contributed by atoms with Crippen molar-refractivity contribution in [3.8, 4) is 11.5 Å². The first-order valence-electron chi connectivity index (χ1n) is 11.7. The van der Waals surface area contributed by atoms with Gasteiger partial charge in [0, 0.05) is 42.3 Å². The van der Waals surface area contributed by atoms with Crippen LogP contribution in [0.1, 0.15) is 41.6 Å². The van der Waals surface area contributed by atoms with Gasteiger partial charge in [-0.3, -0.25) is 4.79 Å². The van der Waals surface area contributed by atoms with E-state index in [4.69, 9.17) is 9.47 Å². The number of rotatable bonds is 7. The fraction of sp³-hybridized carbons (Fsp3) is 0.480. The zero-order valence-electron chi connectivity index (χ0n) is 19.4. The number of pyridine rings is 1. The molecule has 0 saturated carbocycles. The third-order valence-corrected chi connectivity index (χ3v) is 6.84. The van der Waals surface area contributed by atoms with Crippen molar-refractivity contribution in [2.75, 3.05) is 40.4 Å². The number of hydrogen-bond acceptors (Lipinski definition) is 6. The van der Waals surface area contributed by atoms with Gasteiger partial charge in [-0.25, -0.2) is 9.67 Å². The molecule has 1 atom stereocenters. The highest BCUT2D eigenvalue weighted by Crippen LogP contribution is 2.27. The summed E-state index contributed by atoms with van der Waals surface area (Å²) in [5, 5.41) is 5.39. The summed E-state index contributed by atoms with van der Waals surface area (Å²) in [6, 6.07) is 7.96. The number of aromatic nitrogens is 3. The van der Waals surface area contributed by atoms with Crippen molar-refractivity contribution in [2.24, 2.45) is 0 Å². The van der Waals surface area contributed by atoms with E-state index < -0.39 is 0 Å². The number of nitrogens with zero attached hydrogens (tertiary/aromatic N) is 5. The molecule has 1 unspecified atom stereocenters. The quantitative estimate of drug-likeness (QED) is 0.552. The Hall–Kier alpha value is -3.13. The molecule has 0 spiro atoms. The van der Waals surface area contributed by atoms with Gasteiger partial charge in [0.15, 0.2) is 5.65 Å². The summed E-state index contributed by atoms with van der Waals surface area (Å²) in [4.78, 5) is 22.5. The molecular weight excluding hydrogens is 418 g/mol. The highest BCUT2D eigenvalue weighted by molar-refractivity contribution is 5.97. The summed E-state index contributed by atoms with van der Waals surface area (Å²) >= 11 is 0. The second-order valence-electron chi connectivity index (χ2n) is 8.92. The lowest BCUT2D eigenvalue weighted by Crippen LogP contribution is -2.42. The number of ether oxygens (including phenoxy) is 2. The minimum Gasteiger partial charge on any atom is -0.497 e. The van der Waals surface area contributed by atoms with Gasteiger partial charge in [0.1, 0.15) is 11.5 Å². The molecule has 0 radical (unpaired) electrons. The Morgan fingerprint density at radius 1 is 1.06 bits per heavy atom. The van der Waals surface area contributed by atoms with Gasteiger partial charge < -0.3 is 19.3 Å². The smallest absolute Gasteiger partial charge is 0.255 e. The first kappa shape index (κ1) is 21.7. The molecule has 2 saturated heterocycles. The zero-order valence-corrected chi connectivity index (χ0v) is 19.4. The Morgan fingerprint density at radius 3 is 2.70 bits per heavy atom. The molecule has 174 valence electrons. The molecule has 3 aromatic rings. The van der Waals surface area contributed by atoms with Gasteiger partial charge >= 0.3 is 0 Å². The molecule has 0 aliphatic carbocycles. The molecule has 4 heterocycles. The Kier molecular flexibility index (Phi) is 6.17. The van der Waals surface area contributed by atoms with E-state index in [9.17, 15) is 4.79 Å². The number of hydrogen-bond donors (Lipinski definition) is 0. The number of methoxy groups -OCH3 is 2. The van der Waals surface area contributed by atoms with E-state index in [1.165, 1.54) is 12.8 Å². The van der Waals surface area contributed by atoms with E-state index in [-0.39, 0.29) is 5.91 Å². The molecule has 8 nitrogen and oxygen atoms in total. The van der Waals surface area contributed by atoms with Crippen LogP contribution in [-0.4, -0.2) is 76.9 Å². The largest absolute Gasteiger partial charge is 0.497 e. The van der Waals surface area contributed by atoms with Crippen LogP contribution in [0.5, 0.6) is 11.5 Å². The van der Waals surface area contributed by atoms with Crippen LogP contribution in [0.4, 0.5) is 0 Å². The van der Waals surface area contributed by atoms with E-state index >= 15 is 0 Å². The van der Waals surface area contributed by atoms with Gasteiger partial charge in [-0.05, 0) is 57.0 Å². The van der Waals surface area contributed by atoms with Crippen LogP contribution in [0.15, 0.2) is 36.7 Å². The lowest BCUT2D eigenvalue weighted by atomic mass is 10.1. The summed E-state index contributed by atoms with van der Waals surface area (Å²) in [6.45, 7) is 4.64. The molecule has 1 aromatic carbocycles. The molecule has 0 bridgehead atoms. The monoisotopic (exact) mass is 449 g/mol. The van der Waals surface area contributed by atoms with Crippen molar-refractivity contribution in [3.05, 3.63) is 47.8 Å². The lowest BCUT2D eigenvalue weighted by molar-refractivity contribution is 0.0708. The van der Waals surface area contributed by atoms with Gasteiger partial charge in [0.05, 0.1) is 32.5 Å². The standard InChI is InChI=1S/C25H31N5O3/c1-32-22-8-7-18(23(13-22)33-2)16-30-24-19(15-27-30)12-20(14-26-24)25(31)29-11-5-6-21(29)17-28-9-3-4-10-28/h7-8,12-15,21H,3-6,9-11,16-17H2,1-2H3. The summed E-state index contributed by atoms with van der Waals surface area (Å²) in [5.41, 5.74) is 2.36. The lowest BCUT2D eigenvalue weighted by Gasteiger charge is -2.28. The third kappa shape index (κ3) is 4.39. The first-order chi connectivity index (χ1) is 16.2. The molecule has 2 fully saturated rings. The van der Waals surface area contributed by atoms with Gasteiger partial charge in [-0.1, -0.05) is 0 Å². The van der Waals surface area contributed by atoms with E-state index in [0.717, 1.165) is 67.1 Å². The Labute approximate surface area is 194 Å². The molecule has 33 heavy (non-hydrogen) atoms. The van der Waals surface area contributed by atoms with Crippen LogP contribution in [0, 0.1) is 0 Å². The first-order valence-corrected chi connectivity index (χ1v) is 11.7. The van der Waals surface area contributed by atoms with Crippen molar-refractivity contribution in [3.63, 3.8) is 0 Å². The number of carbonyl (C=O) groups is 1. The molecule has 2 aliphatic heterocycles. The van der Waals surface area contributed by atoms with Crippen LogP contribution < -0.4 is 9.47 Å². The van der Waals surface area contributed by atoms with E-state index in [1.807, 2.05) is 33.8 Å². The SMILES string of the molecule is COc1ccc(Cn2ncc3cc(C(=O)N4CCCC4CN4CCCC4)cnc32)c(OC)c1. The topological polar surface area (TPSA) is 72.7 Å². The van der Waals surface area contributed by atoms with Crippen molar-refractivity contribution < 1.29 is 14.3 Å². The summed E-state index contributed by atoms with van der Waals surface area (Å²) < 4.78 is 12.6. The zero-order chi connectivity index (χ0) is 22.8. The Bertz CT molecular complexity index is 1140. The fourth-order valence-corrected chi connectivity index (χ4v) is 5.07. The number of amides is 1. The maximum Gasteiger partial charge on any atom is 0.255 e. The van der Waals surface area contributed by atoms with Crippen LogP contribution in [-0.2, 0) is 6.54 Å². The summed E-state index contributed by atoms with van der Waals surface area (Å²) in [5.74, 6) is 1.56. The molecular formula is C25H31N5O3. The molecule has 8 heteroatoms. The van der Waals surface area contributed by atoms with Crippen molar-refractivity contribution in [1.29, 1.82) is 0 Å². The third-order valence-electron chi connectivity index (χ3n) is 6.84. The van der Waals surface area contributed by atoms with Crippen molar-refractivity contribution >= 4 is 16.9 Å². The van der Waals surface area contributed by atoms with Crippen LogP contribution in [0.2, 0.25) is 0 Å².